The number of morpholine rings is 1. The fourth-order valence-electron chi connectivity index (χ4n) is 3.80. The average Bonchev–Trinajstić information content (AvgIpc) is 3.28. The zero-order chi connectivity index (χ0) is 21.0. The summed E-state index contributed by atoms with van der Waals surface area (Å²) in [5, 5.41) is 3.45. The summed E-state index contributed by atoms with van der Waals surface area (Å²) in [5.74, 6) is 2.31. The van der Waals surface area contributed by atoms with Gasteiger partial charge in [-0.3, -0.25) is 0 Å². The van der Waals surface area contributed by atoms with E-state index < -0.39 is 0 Å². The Bertz CT molecular complexity index is 1030. The Labute approximate surface area is 181 Å². The Kier molecular flexibility index (Phi) is 5.37. The molecule has 8 nitrogen and oxygen atoms in total. The number of aliphatic imine (C=N–C) groups is 1. The third-order valence-corrected chi connectivity index (χ3v) is 5.35. The Hall–Kier alpha value is -3.65. The van der Waals surface area contributed by atoms with Crippen molar-refractivity contribution in [2.24, 2.45) is 10.7 Å². The SMILES string of the molecule is N/C=C\N1C=C(c2ccc3c(c2)OCO3)N=C(Nc2ccc(N3CCOCC3)cc2)C1. The van der Waals surface area contributed by atoms with E-state index in [2.05, 4.69) is 34.5 Å². The van der Waals surface area contributed by atoms with Crippen LogP contribution in [-0.2, 0) is 4.74 Å². The fraction of sp³-hybridized carbons (Fsp3) is 0.261. The van der Waals surface area contributed by atoms with Gasteiger partial charge < -0.3 is 35.1 Å². The van der Waals surface area contributed by atoms with E-state index in [0.29, 0.717) is 6.54 Å². The smallest absolute Gasteiger partial charge is 0.231 e. The van der Waals surface area contributed by atoms with Crippen molar-refractivity contribution in [3.05, 3.63) is 66.6 Å². The van der Waals surface area contributed by atoms with Crippen molar-refractivity contribution >= 4 is 22.9 Å². The minimum atomic E-state index is 0.246. The molecule has 2 aromatic carbocycles. The van der Waals surface area contributed by atoms with Gasteiger partial charge in [0.25, 0.3) is 0 Å². The summed E-state index contributed by atoms with van der Waals surface area (Å²) < 4.78 is 16.4. The second-order valence-electron chi connectivity index (χ2n) is 7.43. The van der Waals surface area contributed by atoms with Crippen LogP contribution in [0, 0.1) is 0 Å². The lowest BCUT2D eigenvalue weighted by molar-refractivity contribution is 0.122. The number of nitrogens with one attached hydrogen (secondary N) is 1. The molecule has 3 aliphatic rings. The number of benzene rings is 2. The predicted molar refractivity (Wildman–Crippen MR) is 121 cm³/mol. The van der Waals surface area contributed by atoms with Crippen molar-refractivity contribution in [1.82, 2.24) is 4.90 Å². The third-order valence-electron chi connectivity index (χ3n) is 5.35. The maximum atomic E-state index is 5.64. The van der Waals surface area contributed by atoms with Gasteiger partial charge in [-0.05, 0) is 42.5 Å². The zero-order valence-corrected chi connectivity index (χ0v) is 17.2. The van der Waals surface area contributed by atoms with E-state index in [1.54, 1.807) is 0 Å². The normalized spacial score (nSPS) is 18.2. The summed E-state index contributed by atoms with van der Waals surface area (Å²) >= 11 is 0. The van der Waals surface area contributed by atoms with Gasteiger partial charge in [-0.15, -0.1) is 0 Å². The molecule has 0 aromatic heterocycles. The number of amidine groups is 1. The molecule has 0 unspecified atom stereocenters. The summed E-state index contributed by atoms with van der Waals surface area (Å²) in [4.78, 5) is 9.17. The quantitative estimate of drug-likeness (QED) is 0.788. The van der Waals surface area contributed by atoms with Gasteiger partial charge in [-0.25, -0.2) is 4.99 Å². The van der Waals surface area contributed by atoms with Crippen molar-refractivity contribution in [2.75, 3.05) is 49.9 Å². The number of ether oxygens (including phenoxy) is 3. The standard InChI is InChI=1S/C23H25N5O3/c24-7-8-27-14-20(17-1-6-21-22(13-17)31-16-30-21)26-23(15-27)25-18-2-4-19(5-3-18)28-9-11-29-12-10-28/h1-8,13-14H,9-12,15-16,24H2,(H,25,26)/b8-7-. The highest BCUT2D eigenvalue weighted by atomic mass is 16.7. The largest absolute Gasteiger partial charge is 0.454 e. The summed E-state index contributed by atoms with van der Waals surface area (Å²) in [5.41, 5.74) is 9.59. The minimum absolute atomic E-state index is 0.246. The number of hydrogen-bond acceptors (Lipinski definition) is 8. The molecule has 2 aromatic rings. The molecule has 3 aliphatic heterocycles. The molecule has 1 fully saturated rings. The number of anilines is 2. The van der Waals surface area contributed by atoms with Crippen LogP contribution in [0.25, 0.3) is 5.70 Å². The summed E-state index contributed by atoms with van der Waals surface area (Å²) in [7, 11) is 0. The Morgan fingerprint density at radius 3 is 2.61 bits per heavy atom. The molecule has 0 amide bonds. The molecule has 0 aliphatic carbocycles. The van der Waals surface area contributed by atoms with Gasteiger partial charge in [0.2, 0.25) is 6.79 Å². The van der Waals surface area contributed by atoms with Gasteiger partial charge in [0.15, 0.2) is 11.5 Å². The molecule has 0 radical (unpaired) electrons. The Morgan fingerprint density at radius 2 is 1.81 bits per heavy atom. The lowest BCUT2D eigenvalue weighted by Crippen LogP contribution is -2.36. The number of fused-ring (bicyclic) bond motifs is 1. The zero-order valence-electron chi connectivity index (χ0n) is 17.2. The minimum Gasteiger partial charge on any atom is -0.454 e. The van der Waals surface area contributed by atoms with Crippen molar-refractivity contribution in [3.8, 4) is 11.5 Å². The molecule has 0 saturated carbocycles. The van der Waals surface area contributed by atoms with Crippen LogP contribution in [0.4, 0.5) is 11.4 Å². The number of hydrogen-bond donors (Lipinski definition) is 2. The number of rotatable bonds is 4. The van der Waals surface area contributed by atoms with Gasteiger partial charge in [-0.1, -0.05) is 0 Å². The van der Waals surface area contributed by atoms with Gasteiger partial charge in [0, 0.05) is 48.6 Å². The van der Waals surface area contributed by atoms with Crippen LogP contribution in [0.2, 0.25) is 0 Å². The Balaban J connectivity index is 1.36. The lowest BCUT2D eigenvalue weighted by Gasteiger charge is -2.29. The summed E-state index contributed by atoms with van der Waals surface area (Å²) in [6.07, 6.45) is 5.31. The molecule has 3 heterocycles. The van der Waals surface area contributed by atoms with E-state index in [1.807, 2.05) is 35.5 Å². The predicted octanol–water partition coefficient (Wildman–Crippen LogP) is 2.81. The van der Waals surface area contributed by atoms with Crippen molar-refractivity contribution < 1.29 is 14.2 Å². The molecule has 0 atom stereocenters. The molecule has 0 bridgehead atoms. The van der Waals surface area contributed by atoms with Crippen LogP contribution in [0.15, 0.2) is 66.1 Å². The molecule has 1 saturated heterocycles. The first kappa shape index (κ1) is 19.3. The molecule has 8 heteroatoms. The van der Waals surface area contributed by atoms with Crippen molar-refractivity contribution in [3.63, 3.8) is 0 Å². The third kappa shape index (κ3) is 4.29. The van der Waals surface area contributed by atoms with Gasteiger partial charge in [0.05, 0.1) is 25.5 Å². The second-order valence-corrected chi connectivity index (χ2v) is 7.43. The van der Waals surface area contributed by atoms with E-state index in [1.165, 1.54) is 11.9 Å². The molecular weight excluding hydrogens is 394 g/mol. The highest BCUT2D eigenvalue weighted by Crippen LogP contribution is 2.35. The van der Waals surface area contributed by atoms with Crippen LogP contribution < -0.4 is 25.4 Å². The first-order valence-corrected chi connectivity index (χ1v) is 10.3. The van der Waals surface area contributed by atoms with E-state index in [4.69, 9.17) is 24.9 Å². The second kappa shape index (κ2) is 8.61. The first-order valence-electron chi connectivity index (χ1n) is 10.3. The van der Waals surface area contributed by atoms with Crippen LogP contribution in [0.3, 0.4) is 0 Å². The molecule has 3 N–H and O–H groups in total. The van der Waals surface area contributed by atoms with Crippen LogP contribution >= 0.6 is 0 Å². The molecule has 0 spiro atoms. The van der Waals surface area contributed by atoms with Crippen LogP contribution in [0.1, 0.15) is 5.56 Å². The molecule has 31 heavy (non-hydrogen) atoms. The highest BCUT2D eigenvalue weighted by molar-refractivity contribution is 6.01. The van der Waals surface area contributed by atoms with Crippen LogP contribution in [-0.4, -0.2) is 50.4 Å². The maximum absolute atomic E-state index is 5.64. The van der Waals surface area contributed by atoms with Crippen molar-refractivity contribution in [2.45, 2.75) is 0 Å². The summed E-state index contributed by atoms with van der Waals surface area (Å²) in [6.45, 7) is 4.23. The fourth-order valence-corrected chi connectivity index (χ4v) is 3.80. The monoisotopic (exact) mass is 419 g/mol. The maximum Gasteiger partial charge on any atom is 0.231 e. The number of nitrogens with two attached hydrogens (primary N) is 1. The van der Waals surface area contributed by atoms with E-state index in [0.717, 1.165) is 60.6 Å². The van der Waals surface area contributed by atoms with Crippen molar-refractivity contribution in [1.29, 1.82) is 0 Å². The molecule has 160 valence electrons. The van der Waals surface area contributed by atoms with Gasteiger partial charge >= 0.3 is 0 Å². The Morgan fingerprint density at radius 1 is 1.00 bits per heavy atom. The highest BCUT2D eigenvalue weighted by Gasteiger charge is 2.18. The van der Waals surface area contributed by atoms with E-state index in [-0.39, 0.29) is 6.79 Å². The van der Waals surface area contributed by atoms with E-state index >= 15 is 0 Å². The number of nitrogens with zero attached hydrogens (tertiary/aromatic N) is 3. The van der Waals surface area contributed by atoms with Crippen LogP contribution in [0.5, 0.6) is 11.5 Å². The molecule has 5 rings (SSSR count). The van der Waals surface area contributed by atoms with E-state index in [9.17, 15) is 0 Å². The van der Waals surface area contributed by atoms with Gasteiger partial charge in [0.1, 0.15) is 5.84 Å². The summed E-state index contributed by atoms with van der Waals surface area (Å²) in [6, 6.07) is 14.2. The molecular formula is C23H25N5O3. The van der Waals surface area contributed by atoms with Gasteiger partial charge in [-0.2, -0.15) is 0 Å². The topological polar surface area (TPSA) is 84.6 Å². The lowest BCUT2D eigenvalue weighted by atomic mass is 10.1. The average molecular weight is 419 g/mol. The first-order chi connectivity index (χ1) is 15.3.